The molecule has 2 heterocycles. The second-order valence-corrected chi connectivity index (χ2v) is 9.28. The smallest absolute Gasteiger partial charge is 0.136 e. The van der Waals surface area contributed by atoms with E-state index in [9.17, 15) is 1.37 Å². The Bertz CT molecular complexity index is 1040. The number of fused-ring (bicyclic) bond motifs is 1. The number of anilines is 1. The highest BCUT2D eigenvalue weighted by Gasteiger charge is 2.45. The summed E-state index contributed by atoms with van der Waals surface area (Å²) in [5, 5.41) is 0. The normalized spacial score (nSPS) is 27.1. The molecule has 0 amide bonds. The van der Waals surface area contributed by atoms with Crippen LogP contribution in [0.4, 0.5) is 5.69 Å². The summed E-state index contributed by atoms with van der Waals surface area (Å²) in [4.78, 5) is 4.91. The lowest BCUT2D eigenvalue weighted by Crippen LogP contribution is -2.31. The summed E-state index contributed by atoms with van der Waals surface area (Å²) in [6, 6.07) is 15.3. The number of hydrogen-bond donors (Lipinski definition) is 0. The van der Waals surface area contributed by atoms with E-state index in [1.165, 1.54) is 58.6 Å². The minimum atomic E-state index is -0.628. The largest absolute Gasteiger partial charge is 0.324 e. The van der Waals surface area contributed by atoms with Crippen LogP contribution in [0.25, 0.3) is 0 Å². The monoisotopic (exact) mass is 399 g/mol. The van der Waals surface area contributed by atoms with Crippen LogP contribution in [0.5, 0.6) is 0 Å². The maximum Gasteiger partial charge on any atom is 0.136 e. The minimum absolute atomic E-state index is 0.0596. The van der Waals surface area contributed by atoms with Gasteiger partial charge in [0, 0.05) is 36.1 Å². The lowest BCUT2D eigenvalue weighted by molar-refractivity contribution is 0.284. The molecule has 2 aliphatic heterocycles. The van der Waals surface area contributed by atoms with Crippen molar-refractivity contribution < 1.29 is 1.37 Å². The molecule has 1 aliphatic carbocycles. The number of rotatable bonds is 3. The van der Waals surface area contributed by atoms with Crippen LogP contribution < -0.4 is 4.90 Å². The number of benzene rings is 2. The molecule has 156 valence electrons. The van der Waals surface area contributed by atoms with Crippen LogP contribution in [0.3, 0.4) is 0 Å². The van der Waals surface area contributed by atoms with E-state index in [1.807, 2.05) is 0 Å². The van der Waals surface area contributed by atoms with Crippen LogP contribution in [0.15, 0.2) is 66.1 Å². The topological polar surface area (TPSA) is 6.48 Å². The molecule has 2 aromatic carbocycles. The van der Waals surface area contributed by atoms with Crippen molar-refractivity contribution in [3.63, 3.8) is 0 Å². The fraction of sp³-hybridized carbons (Fsp3) is 0.429. The van der Waals surface area contributed by atoms with E-state index in [1.54, 1.807) is 0 Å². The summed E-state index contributed by atoms with van der Waals surface area (Å²) in [5.41, 5.74) is 8.92. The number of para-hydroxylation sites is 1. The Balaban J connectivity index is 1.70. The highest BCUT2D eigenvalue weighted by molar-refractivity contribution is 5.64. The molecular formula is C28H34N2. The van der Waals surface area contributed by atoms with Gasteiger partial charge in [0.1, 0.15) is 6.17 Å². The first kappa shape index (κ1) is 18.3. The van der Waals surface area contributed by atoms with Gasteiger partial charge in [-0.2, -0.15) is 0 Å². The van der Waals surface area contributed by atoms with Crippen LogP contribution in [0.2, 0.25) is 0 Å². The van der Waals surface area contributed by atoms with E-state index in [4.69, 9.17) is 0 Å². The SMILES string of the molecule is [2H]C1(C2CCCCC2)C=CN2C1=C(C)N(c1ccccc1C)C2c1c(C)cccc1C. The molecule has 0 N–H and O–H groups in total. The third-order valence-corrected chi connectivity index (χ3v) is 7.38. The molecule has 2 atom stereocenters. The van der Waals surface area contributed by atoms with E-state index in [0.717, 1.165) is 12.8 Å². The first-order valence-electron chi connectivity index (χ1n) is 12.0. The molecule has 1 fully saturated rings. The lowest BCUT2D eigenvalue weighted by Gasteiger charge is -2.35. The van der Waals surface area contributed by atoms with Gasteiger partial charge in [0.2, 0.25) is 0 Å². The molecule has 2 heteroatoms. The highest BCUT2D eigenvalue weighted by atomic mass is 15.4. The van der Waals surface area contributed by atoms with E-state index >= 15 is 0 Å². The molecule has 30 heavy (non-hydrogen) atoms. The van der Waals surface area contributed by atoms with Crippen molar-refractivity contribution in [3.8, 4) is 0 Å². The Morgan fingerprint density at radius 2 is 1.50 bits per heavy atom. The third kappa shape index (κ3) is 3.00. The fourth-order valence-corrected chi connectivity index (χ4v) is 5.88. The number of nitrogens with zero attached hydrogens (tertiary/aromatic N) is 2. The zero-order valence-corrected chi connectivity index (χ0v) is 18.8. The zero-order valence-electron chi connectivity index (χ0n) is 19.8. The van der Waals surface area contributed by atoms with E-state index in [2.05, 4.69) is 92.2 Å². The zero-order chi connectivity index (χ0) is 21.8. The second-order valence-electron chi connectivity index (χ2n) is 9.28. The maximum atomic E-state index is 9.69. The summed E-state index contributed by atoms with van der Waals surface area (Å²) in [7, 11) is 0. The molecule has 1 saturated carbocycles. The summed E-state index contributed by atoms with van der Waals surface area (Å²) in [5.74, 6) is -0.223. The van der Waals surface area contributed by atoms with Gasteiger partial charge in [0.25, 0.3) is 0 Å². The van der Waals surface area contributed by atoms with Gasteiger partial charge >= 0.3 is 0 Å². The quantitative estimate of drug-likeness (QED) is 0.531. The molecule has 3 aliphatic rings. The van der Waals surface area contributed by atoms with E-state index < -0.39 is 5.89 Å². The summed E-state index contributed by atoms with van der Waals surface area (Å²) < 4.78 is 9.69. The van der Waals surface area contributed by atoms with Gasteiger partial charge in [-0.15, -0.1) is 0 Å². The van der Waals surface area contributed by atoms with Crippen molar-refractivity contribution in [2.45, 2.75) is 66.0 Å². The van der Waals surface area contributed by atoms with Gasteiger partial charge in [-0.25, -0.2) is 0 Å². The van der Waals surface area contributed by atoms with Gasteiger partial charge < -0.3 is 9.80 Å². The molecule has 0 aromatic heterocycles. The fourth-order valence-electron chi connectivity index (χ4n) is 5.88. The first-order valence-corrected chi connectivity index (χ1v) is 11.5. The summed E-state index contributed by atoms with van der Waals surface area (Å²) in [6.45, 7) is 8.88. The number of hydrogen-bond acceptors (Lipinski definition) is 2. The summed E-state index contributed by atoms with van der Waals surface area (Å²) >= 11 is 0. The van der Waals surface area contributed by atoms with Crippen LogP contribution in [0, 0.1) is 32.6 Å². The van der Waals surface area contributed by atoms with Gasteiger partial charge in [-0.3, -0.25) is 0 Å². The Morgan fingerprint density at radius 1 is 0.833 bits per heavy atom. The van der Waals surface area contributed by atoms with E-state index in [-0.39, 0.29) is 6.17 Å². The Morgan fingerprint density at radius 3 is 2.20 bits per heavy atom. The van der Waals surface area contributed by atoms with Crippen molar-refractivity contribution in [1.29, 1.82) is 0 Å². The van der Waals surface area contributed by atoms with Crippen molar-refractivity contribution >= 4 is 5.69 Å². The molecule has 0 radical (unpaired) electrons. The average molecular weight is 400 g/mol. The van der Waals surface area contributed by atoms with Crippen LogP contribution in [0.1, 0.15) is 68.8 Å². The molecule has 0 saturated heterocycles. The minimum Gasteiger partial charge on any atom is -0.324 e. The predicted molar refractivity (Wildman–Crippen MR) is 126 cm³/mol. The molecule has 5 rings (SSSR count). The third-order valence-electron chi connectivity index (χ3n) is 7.38. The molecular weight excluding hydrogens is 364 g/mol. The Hall–Kier alpha value is -2.48. The van der Waals surface area contributed by atoms with Crippen LogP contribution in [-0.2, 0) is 0 Å². The molecule has 2 aromatic rings. The van der Waals surface area contributed by atoms with Crippen molar-refractivity contribution in [2.24, 2.45) is 11.8 Å². The van der Waals surface area contributed by atoms with Gasteiger partial charge in [-0.05, 0) is 69.2 Å². The Kier molecular flexibility index (Phi) is 4.67. The molecule has 0 spiro atoms. The first-order chi connectivity index (χ1) is 14.9. The van der Waals surface area contributed by atoms with Gasteiger partial charge in [0.05, 0.1) is 0 Å². The van der Waals surface area contributed by atoms with Gasteiger partial charge in [0.15, 0.2) is 0 Å². The number of aryl methyl sites for hydroxylation is 3. The summed E-state index contributed by atoms with van der Waals surface area (Å²) in [6.07, 6.45) is 10.6. The maximum absolute atomic E-state index is 9.69. The van der Waals surface area contributed by atoms with Gasteiger partial charge in [-0.1, -0.05) is 61.7 Å². The average Bonchev–Trinajstić information content (AvgIpc) is 3.26. The number of allylic oxidation sites excluding steroid dienone is 2. The van der Waals surface area contributed by atoms with Crippen LogP contribution >= 0.6 is 0 Å². The molecule has 2 unspecified atom stereocenters. The van der Waals surface area contributed by atoms with Crippen molar-refractivity contribution in [3.05, 3.63) is 88.4 Å². The van der Waals surface area contributed by atoms with Crippen molar-refractivity contribution in [2.75, 3.05) is 4.90 Å². The Labute approximate surface area is 183 Å². The lowest BCUT2D eigenvalue weighted by atomic mass is 9.79. The predicted octanol–water partition coefficient (Wildman–Crippen LogP) is 7.39. The standard InChI is InChI=1S/C28H34N2/c1-19-11-8-9-16-25(19)30-22(4)27-24(23-14-6-5-7-15-23)17-18-29(27)28(30)26-20(2)12-10-13-21(26)3/h8-13,16-18,23-24,28H,5-7,14-15H2,1-4H3/i24D. The molecule has 0 bridgehead atoms. The van der Waals surface area contributed by atoms with Crippen LogP contribution in [-0.4, -0.2) is 4.90 Å². The highest BCUT2D eigenvalue weighted by Crippen LogP contribution is 2.52. The second kappa shape index (κ2) is 7.65. The molecule has 2 nitrogen and oxygen atoms in total. The van der Waals surface area contributed by atoms with E-state index in [0.29, 0.717) is 5.92 Å². The van der Waals surface area contributed by atoms with Crippen molar-refractivity contribution in [1.82, 2.24) is 4.90 Å².